The maximum atomic E-state index is 13.6. The molecular weight excluding hydrogens is 484 g/mol. The van der Waals surface area contributed by atoms with Gasteiger partial charge in [0.05, 0.1) is 24.6 Å². The van der Waals surface area contributed by atoms with Gasteiger partial charge in [-0.1, -0.05) is 0 Å². The summed E-state index contributed by atoms with van der Waals surface area (Å²) in [5.41, 5.74) is 1.81. The molecule has 6 rings (SSSR count). The van der Waals surface area contributed by atoms with Gasteiger partial charge in [0.15, 0.2) is 0 Å². The van der Waals surface area contributed by atoms with Crippen LogP contribution in [0.25, 0.3) is 10.8 Å². The second-order valence-corrected chi connectivity index (χ2v) is 8.82. The highest BCUT2D eigenvalue weighted by atomic mass is 16.5. The Balaban J connectivity index is 1.45. The fourth-order valence-electron chi connectivity index (χ4n) is 5.06. The maximum absolute atomic E-state index is 13.6. The zero-order valence-electron chi connectivity index (χ0n) is 20.7. The van der Waals surface area contributed by atoms with E-state index in [1.165, 1.54) is 0 Å². The zero-order chi connectivity index (χ0) is 26.6. The molecule has 8 heteroatoms. The number of rotatable bonds is 6. The Morgan fingerprint density at radius 1 is 0.474 bits per heavy atom. The van der Waals surface area contributed by atoms with Gasteiger partial charge >= 0.3 is 0 Å². The average Bonchev–Trinajstić information content (AvgIpc) is 2.93. The van der Waals surface area contributed by atoms with Crippen molar-refractivity contribution in [3.8, 4) is 11.5 Å². The largest absolute Gasteiger partial charge is 0.494 e. The number of nitrogens with zero attached hydrogens (tertiary/aromatic N) is 2. The van der Waals surface area contributed by atoms with Crippen molar-refractivity contribution in [3.63, 3.8) is 0 Å². The molecule has 188 valence electrons. The molecule has 8 nitrogen and oxygen atoms in total. The summed E-state index contributed by atoms with van der Waals surface area (Å²) >= 11 is 0. The van der Waals surface area contributed by atoms with Gasteiger partial charge in [-0.05, 0) is 86.6 Å². The normalized spacial score (nSPS) is 14.4. The van der Waals surface area contributed by atoms with Gasteiger partial charge < -0.3 is 9.47 Å². The summed E-state index contributed by atoms with van der Waals surface area (Å²) in [6.45, 7) is 4.73. The summed E-state index contributed by atoms with van der Waals surface area (Å²) in [5, 5.41) is 0.649. The minimum atomic E-state index is -0.524. The molecular formula is C30H22N2O6. The van der Waals surface area contributed by atoms with E-state index in [1.807, 2.05) is 13.8 Å². The second-order valence-electron chi connectivity index (χ2n) is 8.82. The van der Waals surface area contributed by atoms with Crippen LogP contribution >= 0.6 is 0 Å². The first kappa shape index (κ1) is 23.4. The smallest absolute Gasteiger partial charge is 0.265 e. The third kappa shape index (κ3) is 3.37. The summed E-state index contributed by atoms with van der Waals surface area (Å²) in [6.07, 6.45) is 0. The quantitative estimate of drug-likeness (QED) is 0.332. The molecule has 4 aromatic rings. The SMILES string of the molecule is CCOc1ccc(N2C(=O)c3ccc4c5c(ccc(c35)C2=O)C(=O)N(c2ccc(OCC)cc2)C4=O)cc1. The maximum Gasteiger partial charge on any atom is 0.265 e. The lowest BCUT2D eigenvalue weighted by Crippen LogP contribution is -2.43. The van der Waals surface area contributed by atoms with Gasteiger partial charge in [-0.25, -0.2) is 9.80 Å². The standard InChI is InChI=1S/C30H22N2O6/c1-3-37-19-9-5-17(6-10-19)31-27(33)21-13-15-23-26-24(16-14-22(25(21)26)28(31)34)30(36)32(29(23)35)18-7-11-20(12-8-18)38-4-2/h5-16H,3-4H2,1-2H3. The molecule has 0 radical (unpaired) electrons. The van der Waals surface area contributed by atoms with Crippen LogP contribution in [0.5, 0.6) is 11.5 Å². The van der Waals surface area contributed by atoms with Crippen molar-refractivity contribution in [1.29, 1.82) is 0 Å². The fourth-order valence-corrected chi connectivity index (χ4v) is 5.06. The number of imide groups is 2. The lowest BCUT2D eigenvalue weighted by molar-refractivity contribution is 0.0873. The van der Waals surface area contributed by atoms with E-state index in [0.717, 1.165) is 9.80 Å². The van der Waals surface area contributed by atoms with Crippen LogP contribution in [0.4, 0.5) is 11.4 Å². The summed E-state index contributed by atoms with van der Waals surface area (Å²) < 4.78 is 10.9. The van der Waals surface area contributed by atoms with Crippen molar-refractivity contribution >= 4 is 45.8 Å². The molecule has 4 amide bonds. The van der Waals surface area contributed by atoms with Gasteiger partial charge in [-0.2, -0.15) is 0 Å². The molecule has 2 heterocycles. The van der Waals surface area contributed by atoms with E-state index in [-0.39, 0.29) is 22.3 Å². The summed E-state index contributed by atoms with van der Waals surface area (Å²) in [4.78, 5) is 56.5. The number of anilines is 2. The molecule has 0 spiro atoms. The van der Waals surface area contributed by atoms with Gasteiger partial charge in [0.25, 0.3) is 23.6 Å². The summed E-state index contributed by atoms with van der Waals surface area (Å²) in [5.74, 6) is -0.843. The van der Waals surface area contributed by atoms with Gasteiger partial charge in [-0.15, -0.1) is 0 Å². The molecule has 0 aliphatic carbocycles. The lowest BCUT2D eigenvalue weighted by atomic mass is 9.85. The Labute approximate surface area is 218 Å². The van der Waals surface area contributed by atoms with Gasteiger partial charge in [0.2, 0.25) is 0 Å². The topological polar surface area (TPSA) is 93.2 Å². The van der Waals surface area contributed by atoms with Crippen molar-refractivity contribution in [2.24, 2.45) is 0 Å². The number of hydrogen-bond acceptors (Lipinski definition) is 6. The Morgan fingerprint density at radius 2 is 0.763 bits per heavy atom. The molecule has 0 atom stereocenters. The number of carbonyl (C=O) groups is 4. The highest BCUT2D eigenvalue weighted by Crippen LogP contribution is 2.40. The third-order valence-electron chi connectivity index (χ3n) is 6.71. The Bertz CT molecular complexity index is 1460. The van der Waals surface area contributed by atoms with E-state index < -0.39 is 23.6 Å². The fraction of sp³-hybridized carbons (Fsp3) is 0.133. The van der Waals surface area contributed by atoms with Crippen LogP contribution in [0, 0.1) is 0 Å². The molecule has 0 aromatic heterocycles. The monoisotopic (exact) mass is 506 g/mol. The van der Waals surface area contributed by atoms with E-state index >= 15 is 0 Å². The van der Waals surface area contributed by atoms with Gasteiger partial charge in [0, 0.05) is 33.0 Å². The molecule has 0 fully saturated rings. The van der Waals surface area contributed by atoms with Crippen LogP contribution in [0.3, 0.4) is 0 Å². The van der Waals surface area contributed by atoms with E-state index in [4.69, 9.17) is 9.47 Å². The molecule has 0 bridgehead atoms. The van der Waals surface area contributed by atoms with Crippen LogP contribution in [-0.2, 0) is 0 Å². The molecule has 2 aliphatic heterocycles. The van der Waals surface area contributed by atoms with E-state index in [9.17, 15) is 19.2 Å². The Kier molecular flexibility index (Phi) is 5.45. The minimum Gasteiger partial charge on any atom is -0.494 e. The summed E-state index contributed by atoms with van der Waals surface area (Å²) in [7, 11) is 0. The van der Waals surface area contributed by atoms with Crippen molar-refractivity contribution in [3.05, 3.63) is 95.1 Å². The van der Waals surface area contributed by atoms with Crippen molar-refractivity contribution < 1.29 is 28.7 Å². The molecule has 2 aliphatic rings. The van der Waals surface area contributed by atoms with E-state index in [2.05, 4.69) is 0 Å². The number of ether oxygens (including phenoxy) is 2. The predicted molar refractivity (Wildman–Crippen MR) is 141 cm³/mol. The zero-order valence-corrected chi connectivity index (χ0v) is 20.7. The predicted octanol–water partition coefficient (Wildman–Crippen LogP) is 5.24. The number of hydrogen-bond donors (Lipinski definition) is 0. The molecule has 4 aromatic carbocycles. The number of amides is 4. The second kappa shape index (κ2) is 8.85. The Hall–Kier alpha value is -4.98. The summed E-state index contributed by atoms with van der Waals surface area (Å²) in [6, 6.07) is 19.6. The van der Waals surface area contributed by atoms with E-state index in [1.54, 1.807) is 72.8 Å². The Morgan fingerprint density at radius 3 is 1.03 bits per heavy atom. The molecule has 0 saturated carbocycles. The first-order valence-electron chi connectivity index (χ1n) is 12.3. The van der Waals surface area contributed by atoms with Crippen molar-refractivity contribution in [1.82, 2.24) is 0 Å². The highest BCUT2D eigenvalue weighted by molar-refractivity contribution is 6.42. The van der Waals surface area contributed by atoms with Crippen molar-refractivity contribution in [2.75, 3.05) is 23.0 Å². The number of carbonyl (C=O) groups excluding carboxylic acids is 4. The molecule has 0 N–H and O–H groups in total. The minimum absolute atomic E-state index is 0.254. The van der Waals surface area contributed by atoms with Crippen LogP contribution in [0.1, 0.15) is 55.3 Å². The van der Waals surface area contributed by atoms with Crippen molar-refractivity contribution in [2.45, 2.75) is 13.8 Å². The molecule has 0 saturated heterocycles. The van der Waals surface area contributed by atoms with Crippen LogP contribution in [-0.4, -0.2) is 36.8 Å². The van der Waals surface area contributed by atoms with E-state index in [0.29, 0.717) is 46.9 Å². The first-order valence-corrected chi connectivity index (χ1v) is 12.3. The van der Waals surface area contributed by atoms with Crippen LogP contribution in [0.15, 0.2) is 72.8 Å². The number of benzene rings is 4. The van der Waals surface area contributed by atoms with Crippen LogP contribution < -0.4 is 19.3 Å². The molecule has 38 heavy (non-hydrogen) atoms. The molecule has 0 unspecified atom stereocenters. The van der Waals surface area contributed by atoms with Gasteiger partial charge in [0.1, 0.15) is 11.5 Å². The first-order chi connectivity index (χ1) is 18.4. The average molecular weight is 507 g/mol. The van der Waals surface area contributed by atoms with Gasteiger partial charge in [-0.3, -0.25) is 19.2 Å². The van der Waals surface area contributed by atoms with Crippen LogP contribution in [0.2, 0.25) is 0 Å². The third-order valence-corrected chi connectivity index (χ3v) is 6.71. The lowest BCUT2D eigenvalue weighted by Gasteiger charge is -2.32. The highest BCUT2D eigenvalue weighted by Gasteiger charge is 2.40.